The second-order valence-electron chi connectivity index (χ2n) is 3.59. The lowest BCUT2D eigenvalue weighted by Crippen LogP contribution is -2.64. The summed E-state index contributed by atoms with van der Waals surface area (Å²) in [5, 5.41) is 18.0. The molecule has 0 rings (SSSR count). The van der Waals surface area contributed by atoms with Crippen LogP contribution in [-0.2, 0) is 0 Å². The third-order valence-electron chi connectivity index (χ3n) is 3.13. The molecule has 2 atom stereocenters. The highest BCUT2D eigenvalue weighted by Gasteiger charge is 2.41. The third kappa shape index (κ3) is 1.77. The molecule has 4 nitrogen and oxygen atoms in total. The maximum Gasteiger partial charge on any atom is 0.0599 e. The van der Waals surface area contributed by atoms with Crippen molar-refractivity contribution in [1.82, 2.24) is 11.0 Å². The highest BCUT2D eigenvalue weighted by atomic mass is 16.5. The van der Waals surface area contributed by atoms with Crippen LogP contribution < -0.4 is 11.0 Å². The van der Waals surface area contributed by atoms with Gasteiger partial charge in [0.05, 0.1) is 11.1 Å². The number of hydrogen-bond acceptors (Lipinski definition) is 4. The highest BCUT2D eigenvalue weighted by molar-refractivity contribution is 5.00. The largest absolute Gasteiger partial charge is 0.316 e. The summed E-state index contributed by atoms with van der Waals surface area (Å²) in [5.74, 6) is 0. The van der Waals surface area contributed by atoms with Crippen LogP contribution in [0, 0.1) is 0 Å². The van der Waals surface area contributed by atoms with Gasteiger partial charge in [0.25, 0.3) is 0 Å². The summed E-state index contributed by atoms with van der Waals surface area (Å²) < 4.78 is 0. The van der Waals surface area contributed by atoms with Crippen molar-refractivity contribution in [3.05, 3.63) is 0 Å². The van der Waals surface area contributed by atoms with Gasteiger partial charge in [-0.05, 0) is 26.7 Å². The molecular weight excluding hydrogens is 156 g/mol. The first kappa shape index (κ1) is 11.8. The zero-order chi connectivity index (χ0) is 9.83. The molecule has 0 aromatic carbocycles. The van der Waals surface area contributed by atoms with Gasteiger partial charge in [0, 0.05) is 0 Å². The molecule has 0 heterocycles. The van der Waals surface area contributed by atoms with Crippen molar-refractivity contribution in [2.75, 3.05) is 0 Å². The fourth-order valence-electron chi connectivity index (χ4n) is 1.19. The van der Waals surface area contributed by atoms with Crippen LogP contribution in [0.3, 0.4) is 0 Å². The molecule has 0 saturated heterocycles. The van der Waals surface area contributed by atoms with E-state index in [1.54, 1.807) is 0 Å². The number of hydrogen-bond donors (Lipinski definition) is 4. The van der Waals surface area contributed by atoms with Crippen molar-refractivity contribution in [2.24, 2.45) is 0 Å². The summed E-state index contributed by atoms with van der Waals surface area (Å²) in [4.78, 5) is 0. The van der Waals surface area contributed by atoms with Crippen LogP contribution in [0.5, 0.6) is 0 Å². The summed E-state index contributed by atoms with van der Waals surface area (Å²) in [5.41, 5.74) is 3.46. The van der Waals surface area contributed by atoms with Crippen LogP contribution in [0.25, 0.3) is 0 Å². The van der Waals surface area contributed by atoms with Crippen LogP contribution in [0.1, 0.15) is 40.5 Å². The molecule has 0 aromatic heterocycles. The van der Waals surface area contributed by atoms with E-state index >= 15 is 0 Å². The molecule has 74 valence electrons. The minimum absolute atomic E-state index is 0.517. The van der Waals surface area contributed by atoms with Gasteiger partial charge in [-0.25, -0.2) is 0 Å². The Bertz CT molecular complexity index is 115. The first-order chi connectivity index (χ1) is 5.49. The summed E-state index contributed by atoms with van der Waals surface area (Å²) in [6.45, 7) is 7.63. The monoisotopic (exact) mass is 176 g/mol. The van der Waals surface area contributed by atoms with E-state index in [1.807, 2.05) is 27.7 Å². The second-order valence-corrected chi connectivity index (χ2v) is 3.59. The van der Waals surface area contributed by atoms with Gasteiger partial charge in [0.1, 0.15) is 0 Å². The third-order valence-corrected chi connectivity index (χ3v) is 3.13. The van der Waals surface area contributed by atoms with Crippen LogP contribution in [-0.4, -0.2) is 21.5 Å². The lowest BCUT2D eigenvalue weighted by molar-refractivity contribution is -0.0492. The van der Waals surface area contributed by atoms with E-state index in [9.17, 15) is 0 Å². The molecule has 0 aliphatic heterocycles. The molecule has 4 heteroatoms. The van der Waals surface area contributed by atoms with Gasteiger partial charge < -0.3 is 10.4 Å². The smallest absolute Gasteiger partial charge is 0.0599 e. The average Bonchev–Trinajstić information content (AvgIpc) is 2.15. The molecule has 0 fully saturated rings. The predicted molar refractivity (Wildman–Crippen MR) is 47.2 cm³/mol. The van der Waals surface area contributed by atoms with E-state index in [1.165, 1.54) is 0 Å². The Kier molecular flexibility index (Phi) is 4.13. The van der Waals surface area contributed by atoms with Crippen LogP contribution in [0.4, 0.5) is 0 Å². The van der Waals surface area contributed by atoms with Gasteiger partial charge in [-0.1, -0.05) is 13.8 Å². The van der Waals surface area contributed by atoms with Gasteiger partial charge in [-0.15, -0.1) is 0 Å². The van der Waals surface area contributed by atoms with E-state index in [0.29, 0.717) is 0 Å². The zero-order valence-corrected chi connectivity index (χ0v) is 8.31. The number of nitrogens with one attached hydrogen (secondary N) is 2. The quantitative estimate of drug-likeness (QED) is 0.476. The Morgan fingerprint density at radius 3 is 1.25 bits per heavy atom. The lowest BCUT2D eigenvalue weighted by atomic mass is 9.77. The summed E-state index contributed by atoms with van der Waals surface area (Å²) >= 11 is 0. The van der Waals surface area contributed by atoms with E-state index in [-0.39, 0.29) is 0 Å². The molecule has 0 saturated carbocycles. The molecule has 0 spiro atoms. The average molecular weight is 176 g/mol. The van der Waals surface area contributed by atoms with Crippen LogP contribution in [0.2, 0.25) is 0 Å². The first-order valence-corrected chi connectivity index (χ1v) is 4.32. The predicted octanol–water partition coefficient (Wildman–Crippen LogP) is 1.28. The highest BCUT2D eigenvalue weighted by Crippen LogP contribution is 2.27. The number of hydroxylamine groups is 2. The van der Waals surface area contributed by atoms with Gasteiger partial charge in [0.2, 0.25) is 0 Å². The molecule has 0 amide bonds. The van der Waals surface area contributed by atoms with E-state index in [2.05, 4.69) is 11.0 Å². The Morgan fingerprint density at radius 2 is 1.17 bits per heavy atom. The van der Waals surface area contributed by atoms with E-state index < -0.39 is 11.1 Å². The van der Waals surface area contributed by atoms with Crippen molar-refractivity contribution >= 4 is 0 Å². The standard InChI is InChI=1S/C8H20N2O2/c1-5-7(3,9-11)8(4,6-2)10-12/h9-12H,5-6H2,1-4H3. The topological polar surface area (TPSA) is 64.5 Å². The SMILES string of the molecule is CCC(C)(NO)C(C)(CC)NO. The van der Waals surface area contributed by atoms with Crippen molar-refractivity contribution in [3.8, 4) is 0 Å². The minimum Gasteiger partial charge on any atom is -0.316 e. The molecule has 4 N–H and O–H groups in total. The van der Waals surface area contributed by atoms with Crippen LogP contribution in [0.15, 0.2) is 0 Å². The molecule has 0 radical (unpaired) electrons. The first-order valence-electron chi connectivity index (χ1n) is 4.32. The fourth-order valence-corrected chi connectivity index (χ4v) is 1.19. The van der Waals surface area contributed by atoms with Gasteiger partial charge >= 0.3 is 0 Å². The van der Waals surface area contributed by atoms with Crippen molar-refractivity contribution < 1.29 is 10.4 Å². The van der Waals surface area contributed by atoms with E-state index in [0.717, 1.165) is 12.8 Å². The lowest BCUT2D eigenvalue weighted by Gasteiger charge is -2.43. The molecule has 2 unspecified atom stereocenters. The molecule has 12 heavy (non-hydrogen) atoms. The van der Waals surface area contributed by atoms with Gasteiger partial charge in [-0.3, -0.25) is 0 Å². The number of rotatable bonds is 5. The van der Waals surface area contributed by atoms with Crippen molar-refractivity contribution in [3.63, 3.8) is 0 Å². The maximum atomic E-state index is 8.98. The Balaban J connectivity index is 4.66. The zero-order valence-electron chi connectivity index (χ0n) is 8.31. The van der Waals surface area contributed by atoms with E-state index in [4.69, 9.17) is 10.4 Å². The normalized spacial score (nSPS) is 21.5. The second kappa shape index (κ2) is 4.18. The molecule has 0 aliphatic carbocycles. The maximum absolute atomic E-state index is 8.98. The summed E-state index contributed by atoms with van der Waals surface area (Å²) in [6, 6.07) is 0. The van der Waals surface area contributed by atoms with Gasteiger partial charge in [0.15, 0.2) is 0 Å². The molecular formula is C8H20N2O2. The Labute approximate surface area is 73.9 Å². The summed E-state index contributed by atoms with van der Waals surface area (Å²) in [6.07, 6.45) is 1.45. The van der Waals surface area contributed by atoms with Crippen molar-refractivity contribution in [1.29, 1.82) is 0 Å². The molecule has 0 aliphatic rings. The minimum atomic E-state index is -0.517. The Hall–Kier alpha value is -0.160. The van der Waals surface area contributed by atoms with Crippen molar-refractivity contribution in [2.45, 2.75) is 51.6 Å². The molecule has 0 aromatic rings. The van der Waals surface area contributed by atoms with Gasteiger partial charge in [-0.2, -0.15) is 11.0 Å². The Morgan fingerprint density at radius 1 is 0.917 bits per heavy atom. The summed E-state index contributed by atoms with van der Waals surface area (Å²) in [7, 11) is 0. The van der Waals surface area contributed by atoms with Crippen LogP contribution >= 0.6 is 0 Å². The fraction of sp³-hybridized carbons (Fsp3) is 1.00. The molecule has 0 bridgehead atoms.